The molecular formula is C14H10N2O. The third kappa shape index (κ3) is 1.22. The lowest BCUT2D eigenvalue weighted by Gasteiger charge is -2.20. The second kappa shape index (κ2) is 3.28. The van der Waals surface area contributed by atoms with Crippen molar-refractivity contribution in [2.45, 2.75) is 0 Å². The number of benzene rings is 2. The van der Waals surface area contributed by atoms with Crippen molar-refractivity contribution < 1.29 is 4.79 Å². The average molecular weight is 222 g/mol. The number of nitrogens with one attached hydrogen (secondary N) is 1. The van der Waals surface area contributed by atoms with Crippen molar-refractivity contribution in [1.29, 1.82) is 5.41 Å². The first-order chi connectivity index (χ1) is 8.20. The van der Waals surface area contributed by atoms with Crippen LogP contribution in [0.1, 0.15) is 27.0 Å². The van der Waals surface area contributed by atoms with Crippen LogP contribution in [0.2, 0.25) is 0 Å². The van der Waals surface area contributed by atoms with Gasteiger partial charge in [-0.15, -0.1) is 0 Å². The summed E-state index contributed by atoms with van der Waals surface area (Å²) in [6.07, 6.45) is 0. The van der Waals surface area contributed by atoms with Crippen molar-refractivity contribution >= 4 is 17.2 Å². The third-order valence-corrected chi connectivity index (χ3v) is 3.03. The lowest BCUT2D eigenvalue weighted by molar-refractivity contribution is 0.103. The summed E-state index contributed by atoms with van der Waals surface area (Å²) in [5, 5.41) is 8.13. The molecule has 0 heterocycles. The normalized spacial score (nSPS) is 13.2. The van der Waals surface area contributed by atoms with Crippen LogP contribution in [-0.4, -0.2) is 11.5 Å². The molecule has 0 radical (unpaired) electrons. The van der Waals surface area contributed by atoms with E-state index in [1.807, 2.05) is 6.07 Å². The van der Waals surface area contributed by atoms with Crippen molar-refractivity contribution in [2.75, 3.05) is 5.73 Å². The molecule has 0 atom stereocenters. The molecule has 0 saturated heterocycles. The topological polar surface area (TPSA) is 66.9 Å². The summed E-state index contributed by atoms with van der Waals surface area (Å²) in [6.45, 7) is 0. The van der Waals surface area contributed by atoms with Crippen LogP contribution in [0.3, 0.4) is 0 Å². The van der Waals surface area contributed by atoms with Gasteiger partial charge >= 0.3 is 0 Å². The van der Waals surface area contributed by atoms with Crippen molar-refractivity contribution in [3.63, 3.8) is 0 Å². The lowest BCUT2D eigenvalue weighted by atomic mass is 9.83. The fourth-order valence-electron chi connectivity index (χ4n) is 2.21. The number of anilines is 1. The first kappa shape index (κ1) is 9.78. The van der Waals surface area contributed by atoms with Crippen LogP contribution in [0.25, 0.3) is 0 Å². The fourth-order valence-corrected chi connectivity index (χ4v) is 2.21. The van der Waals surface area contributed by atoms with E-state index in [0.29, 0.717) is 33.7 Å². The Morgan fingerprint density at radius 2 is 1.53 bits per heavy atom. The molecule has 0 amide bonds. The highest BCUT2D eigenvalue weighted by atomic mass is 16.1. The molecule has 0 saturated carbocycles. The number of fused-ring (bicyclic) bond motifs is 2. The molecule has 3 heteroatoms. The highest BCUT2D eigenvalue weighted by molar-refractivity contribution is 6.30. The number of carbonyl (C=O) groups is 1. The molecule has 0 aromatic heterocycles. The van der Waals surface area contributed by atoms with Gasteiger partial charge in [0, 0.05) is 22.4 Å². The predicted octanol–water partition coefficient (Wildman–Crippen LogP) is 2.23. The molecule has 3 N–H and O–H groups in total. The third-order valence-electron chi connectivity index (χ3n) is 3.03. The van der Waals surface area contributed by atoms with E-state index >= 15 is 0 Å². The van der Waals surface area contributed by atoms with E-state index < -0.39 is 0 Å². The second-order valence-electron chi connectivity index (χ2n) is 4.02. The van der Waals surface area contributed by atoms with Gasteiger partial charge in [-0.25, -0.2) is 0 Å². The highest BCUT2D eigenvalue weighted by Gasteiger charge is 2.28. The van der Waals surface area contributed by atoms with E-state index in [2.05, 4.69) is 0 Å². The van der Waals surface area contributed by atoms with Crippen molar-refractivity contribution in [3.8, 4) is 0 Å². The Hall–Kier alpha value is -2.42. The first-order valence-corrected chi connectivity index (χ1v) is 5.31. The molecule has 1 aliphatic rings. The molecule has 17 heavy (non-hydrogen) atoms. The van der Waals surface area contributed by atoms with E-state index in [1.54, 1.807) is 36.4 Å². The molecule has 0 spiro atoms. The Bertz CT molecular complexity index is 659. The molecule has 82 valence electrons. The van der Waals surface area contributed by atoms with Crippen molar-refractivity contribution in [3.05, 3.63) is 64.7 Å². The first-order valence-electron chi connectivity index (χ1n) is 5.31. The van der Waals surface area contributed by atoms with Crippen LogP contribution in [0.4, 0.5) is 5.69 Å². The summed E-state index contributed by atoms with van der Waals surface area (Å²) in [7, 11) is 0. The van der Waals surface area contributed by atoms with Gasteiger partial charge in [0.2, 0.25) is 0 Å². The quantitative estimate of drug-likeness (QED) is 0.573. The van der Waals surface area contributed by atoms with Gasteiger partial charge in [0.25, 0.3) is 0 Å². The summed E-state index contributed by atoms with van der Waals surface area (Å²) in [5.41, 5.74) is 8.94. The van der Waals surface area contributed by atoms with E-state index in [9.17, 15) is 4.79 Å². The molecule has 3 rings (SSSR count). The van der Waals surface area contributed by atoms with Gasteiger partial charge in [-0.05, 0) is 6.07 Å². The molecule has 3 nitrogen and oxygen atoms in total. The molecular weight excluding hydrogens is 212 g/mol. The van der Waals surface area contributed by atoms with E-state index in [1.165, 1.54) is 0 Å². The van der Waals surface area contributed by atoms with Gasteiger partial charge in [-0.2, -0.15) is 0 Å². The molecule has 1 aliphatic carbocycles. The van der Waals surface area contributed by atoms with Crippen LogP contribution >= 0.6 is 0 Å². The maximum absolute atomic E-state index is 12.3. The summed E-state index contributed by atoms with van der Waals surface area (Å²) >= 11 is 0. The predicted molar refractivity (Wildman–Crippen MR) is 66.7 cm³/mol. The van der Waals surface area contributed by atoms with Gasteiger partial charge < -0.3 is 5.73 Å². The van der Waals surface area contributed by atoms with Crippen LogP contribution < -0.4 is 5.73 Å². The van der Waals surface area contributed by atoms with E-state index in [-0.39, 0.29) is 5.78 Å². The lowest BCUT2D eigenvalue weighted by Crippen LogP contribution is -2.22. The smallest absolute Gasteiger partial charge is 0.196 e. The largest absolute Gasteiger partial charge is 0.398 e. The maximum atomic E-state index is 12.3. The molecule has 2 aromatic rings. The number of nitrogen functional groups attached to an aromatic ring is 1. The molecule has 0 unspecified atom stereocenters. The highest BCUT2D eigenvalue weighted by Crippen LogP contribution is 2.30. The zero-order valence-corrected chi connectivity index (χ0v) is 9.03. The summed E-state index contributed by atoms with van der Waals surface area (Å²) in [5.74, 6) is -0.0929. The molecule has 2 aromatic carbocycles. The Kier molecular flexibility index (Phi) is 1.89. The number of hydrogen-bond donors (Lipinski definition) is 2. The van der Waals surface area contributed by atoms with Crippen LogP contribution in [0.5, 0.6) is 0 Å². The molecule has 0 aliphatic heterocycles. The van der Waals surface area contributed by atoms with Crippen molar-refractivity contribution in [1.82, 2.24) is 0 Å². The maximum Gasteiger partial charge on any atom is 0.196 e. The SMILES string of the molecule is N=C1c2ccccc2C(=O)c2c(N)cccc21. The molecule has 0 bridgehead atoms. The zero-order valence-electron chi connectivity index (χ0n) is 9.03. The van der Waals surface area contributed by atoms with Crippen molar-refractivity contribution in [2.24, 2.45) is 0 Å². The summed E-state index contributed by atoms with van der Waals surface area (Å²) < 4.78 is 0. The Labute approximate surface area is 98.4 Å². The van der Waals surface area contributed by atoms with Crippen LogP contribution in [-0.2, 0) is 0 Å². The molecule has 0 fully saturated rings. The van der Waals surface area contributed by atoms with Gasteiger partial charge in [0.15, 0.2) is 5.78 Å². The van der Waals surface area contributed by atoms with Crippen LogP contribution in [0, 0.1) is 5.41 Å². The van der Waals surface area contributed by atoms with E-state index in [0.717, 1.165) is 0 Å². The fraction of sp³-hybridized carbons (Fsp3) is 0. The number of ketones is 1. The Balaban J connectivity index is 2.37. The number of carbonyl (C=O) groups excluding carboxylic acids is 1. The summed E-state index contributed by atoms with van der Waals surface area (Å²) in [4.78, 5) is 12.3. The minimum atomic E-state index is -0.0929. The Morgan fingerprint density at radius 3 is 2.29 bits per heavy atom. The Morgan fingerprint density at radius 1 is 0.882 bits per heavy atom. The number of nitrogens with two attached hydrogens (primary N) is 1. The van der Waals surface area contributed by atoms with Crippen LogP contribution in [0.15, 0.2) is 42.5 Å². The van der Waals surface area contributed by atoms with Gasteiger partial charge in [0.1, 0.15) is 0 Å². The second-order valence-corrected chi connectivity index (χ2v) is 4.02. The minimum absolute atomic E-state index is 0.0929. The average Bonchev–Trinajstić information content (AvgIpc) is 2.36. The monoisotopic (exact) mass is 222 g/mol. The standard InChI is InChI=1S/C14H10N2O/c15-11-7-3-6-10-12(11)14(17)9-5-2-1-4-8(9)13(10)16/h1-7,16H,15H2. The number of rotatable bonds is 0. The van der Waals surface area contributed by atoms with E-state index in [4.69, 9.17) is 11.1 Å². The number of hydrogen-bond acceptors (Lipinski definition) is 3. The minimum Gasteiger partial charge on any atom is -0.398 e. The van der Waals surface area contributed by atoms with Gasteiger partial charge in [-0.3, -0.25) is 10.2 Å². The van der Waals surface area contributed by atoms with Gasteiger partial charge in [0.05, 0.1) is 11.3 Å². The zero-order chi connectivity index (χ0) is 12.0. The summed E-state index contributed by atoms with van der Waals surface area (Å²) in [6, 6.07) is 12.4. The van der Waals surface area contributed by atoms with Gasteiger partial charge in [-0.1, -0.05) is 36.4 Å².